The van der Waals surface area contributed by atoms with Crippen LogP contribution in [0.5, 0.6) is 5.75 Å². The summed E-state index contributed by atoms with van der Waals surface area (Å²) >= 11 is 0. The van der Waals surface area contributed by atoms with Gasteiger partial charge >= 0.3 is 5.91 Å². The molecule has 3 amide bonds. The van der Waals surface area contributed by atoms with Crippen molar-refractivity contribution >= 4 is 28.7 Å². The number of rotatable bonds is 4. The average molecular weight is 373 g/mol. The van der Waals surface area contributed by atoms with E-state index in [-0.39, 0.29) is 18.2 Å². The first-order chi connectivity index (χ1) is 13.0. The van der Waals surface area contributed by atoms with Gasteiger partial charge in [-0.1, -0.05) is 6.42 Å². The Morgan fingerprint density at radius 3 is 2.81 bits per heavy atom. The third-order valence-electron chi connectivity index (χ3n) is 4.67. The number of hydrogen-bond donors (Lipinski definition) is 2. The van der Waals surface area contributed by atoms with E-state index in [4.69, 9.17) is 9.15 Å². The minimum atomic E-state index is -0.557. The lowest BCUT2D eigenvalue weighted by Gasteiger charge is -2.19. The molecule has 0 radical (unpaired) electrons. The quantitative estimate of drug-likeness (QED) is 0.798. The molecule has 0 bridgehead atoms. The Balaban J connectivity index is 1.62. The van der Waals surface area contributed by atoms with Gasteiger partial charge in [0.15, 0.2) is 5.76 Å². The molecular formula is C19H23N3O5. The van der Waals surface area contributed by atoms with Crippen LogP contribution in [0.25, 0.3) is 11.0 Å². The van der Waals surface area contributed by atoms with E-state index in [1.54, 1.807) is 32.2 Å². The summed E-state index contributed by atoms with van der Waals surface area (Å²) in [5, 5.41) is 0.765. The number of hydrogen-bond acceptors (Lipinski definition) is 5. The highest BCUT2D eigenvalue weighted by Crippen LogP contribution is 2.28. The Morgan fingerprint density at radius 2 is 2.04 bits per heavy atom. The molecule has 1 aliphatic heterocycles. The summed E-state index contributed by atoms with van der Waals surface area (Å²) in [6, 6.07) is 5.25. The summed E-state index contributed by atoms with van der Waals surface area (Å²) in [5.41, 5.74) is 5.90. The molecule has 0 unspecified atom stereocenters. The topological polar surface area (TPSA) is 101 Å². The molecule has 8 heteroatoms. The molecule has 0 aliphatic carbocycles. The van der Waals surface area contributed by atoms with Crippen molar-refractivity contribution in [3.05, 3.63) is 29.5 Å². The summed E-state index contributed by atoms with van der Waals surface area (Å²) in [6.07, 6.45) is 3.18. The van der Waals surface area contributed by atoms with Crippen molar-refractivity contribution in [3.8, 4) is 5.75 Å². The Hall–Kier alpha value is -3.03. The van der Waals surface area contributed by atoms with Gasteiger partial charge in [-0.3, -0.25) is 25.2 Å². The molecule has 0 atom stereocenters. The van der Waals surface area contributed by atoms with E-state index in [1.165, 1.54) is 4.90 Å². The van der Waals surface area contributed by atoms with E-state index in [9.17, 15) is 14.4 Å². The van der Waals surface area contributed by atoms with Gasteiger partial charge in [-0.15, -0.1) is 0 Å². The predicted molar refractivity (Wildman–Crippen MR) is 98.2 cm³/mol. The first-order valence-electron chi connectivity index (χ1n) is 8.93. The van der Waals surface area contributed by atoms with Crippen molar-refractivity contribution in [2.45, 2.75) is 32.6 Å². The second-order valence-electron chi connectivity index (χ2n) is 6.55. The van der Waals surface area contributed by atoms with Crippen molar-refractivity contribution in [2.24, 2.45) is 0 Å². The number of nitrogens with one attached hydrogen (secondary N) is 2. The highest BCUT2D eigenvalue weighted by molar-refractivity contribution is 6.00. The SMILES string of the molecule is COc1ccc2oc(C(=O)NNC(=O)CN3CCCCCC3=O)c(C)c2c1. The third kappa shape index (κ3) is 4.21. The number of methoxy groups -OCH3 is 1. The van der Waals surface area contributed by atoms with Crippen LogP contribution < -0.4 is 15.6 Å². The molecule has 3 rings (SSSR count). The van der Waals surface area contributed by atoms with Crippen molar-refractivity contribution < 1.29 is 23.5 Å². The summed E-state index contributed by atoms with van der Waals surface area (Å²) in [6.45, 7) is 2.25. The molecule has 1 saturated heterocycles. The maximum atomic E-state index is 12.4. The fourth-order valence-corrected chi connectivity index (χ4v) is 3.15. The molecule has 2 N–H and O–H groups in total. The van der Waals surface area contributed by atoms with Crippen LogP contribution in [-0.4, -0.2) is 42.8 Å². The maximum Gasteiger partial charge on any atom is 0.305 e. The van der Waals surface area contributed by atoms with Crippen LogP contribution in [0.3, 0.4) is 0 Å². The number of likely N-dealkylation sites (tertiary alicyclic amines) is 1. The molecule has 1 aromatic carbocycles. The number of ether oxygens (including phenoxy) is 1. The molecule has 2 heterocycles. The molecule has 1 aliphatic rings. The highest BCUT2D eigenvalue weighted by Gasteiger charge is 2.21. The molecule has 0 spiro atoms. The van der Waals surface area contributed by atoms with Crippen LogP contribution in [-0.2, 0) is 9.59 Å². The monoisotopic (exact) mass is 373 g/mol. The van der Waals surface area contributed by atoms with Crippen molar-refractivity contribution in [3.63, 3.8) is 0 Å². The first-order valence-corrected chi connectivity index (χ1v) is 8.93. The summed E-state index contributed by atoms with van der Waals surface area (Å²) < 4.78 is 10.8. The number of furan rings is 1. The molecular weight excluding hydrogens is 350 g/mol. The number of carbonyl (C=O) groups is 3. The van der Waals surface area contributed by atoms with E-state index in [1.807, 2.05) is 0 Å². The molecule has 27 heavy (non-hydrogen) atoms. The molecule has 0 saturated carbocycles. The number of amides is 3. The minimum absolute atomic E-state index is 0.0314. The second-order valence-corrected chi connectivity index (χ2v) is 6.55. The number of fused-ring (bicyclic) bond motifs is 1. The van der Waals surface area contributed by atoms with Crippen LogP contribution in [0, 0.1) is 6.92 Å². The number of aryl methyl sites for hydroxylation is 1. The second kappa shape index (κ2) is 8.11. The predicted octanol–water partition coefficient (Wildman–Crippen LogP) is 1.91. The van der Waals surface area contributed by atoms with Gasteiger partial charge in [-0.25, -0.2) is 0 Å². The smallest absolute Gasteiger partial charge is 0.305 e. The molecule has 1 fully saturated rings. The lowest BCUT2D eigenvalue weighted by molar-refractivity contribution is -0.135. The van der Waals surface area contributed by atoms with Crippen LogP contribution in [0.1, 0.15) is 41.8 Å². The summed E-state index contributed by atoms with van der Waals surface area (Å²) in [4.78, 5) is 37.9. The number of nitrogens with zero attached hydrogens (tertiary/aromatic N) is 1. The van der Waals surface area contributed by atoms with E-state index >= 15 is 0 Å². The molecule has 2 aromatic rings. The van der Waals surface area contributed by atoms with E-state index in [2.05, 4.69) is 10.9 Å². The Morgan fingerprint density at radius 1 is 1.22 bits per heavy atom. The zero-order valence-corrected chi connectivity index (χ0v) is 15.5. The van der Waals surface area contributed by atoms with E-state index in [0.29, 0.717) is 29.9 Å². The largest absolute Gasteiger partial charge is 0.497 e. The van der Waals surface area contributed by atoms with Crippen molar-refractivity contribution in [1.82, 2.24) is 15.8 Å². The minimum Gasteiger partial charge on any atom is -0.497 e. The zero-order chi connectivity index (χ0) is 19.4. The first kappa shape index (κ1) is 18.8. The standard InChI is InChI=1S/C19H23N3O5/c1-12-14-10-13(26-2)7-8-15(14)27-18(12)19(25)21-20-16(23)11-22-9-5-3-4-6-17(22)24/h7-8,10H,3-6,9,11H2,1-2H3,(H,20,23)(H,21,25). The normalized spacial score (nSPS) is 14.7. The molecule has 1 aromatic heterocycles. The van der Waals surface area contributed by atoms with E-state index < -0.39 is 11.8 Å². The van der Waals surface area contributed by atoms with Crippen LogP contribution in [0.2, 0.25) is 0 Å². The molecule has 8 nitrogen and oxygen atoms in total. The van der Waals surface area contributed by atoms with Crippen molar-refractivity contribution in [1.29, 1.82) is 0 Å². The third-order valence-corrected chi connectivity index (χ3v) is 4.67. The lowest BCUT2D eigenvalue weighted by atomic mass is 10.1. The number of hydrazine groups is 1. The van der Waals surface area contributed by atoms with Gasteiger partial charge in [0.05, 0.1) is 7.11 Å². The fourth-order valence-electron chi connectivity index (χ4n) is 3.15. The maximum absolute atomic E-state index is 12.4. The summed E-state index contributed by atoms with van der Waals surface area (Å²) in [5.74, 6) is -0.263. The lowest BCUT2D eigenvalue weighted by Crippen LogP contribution is -2.47. The van der Waals surface area contributed by atoms with E-state index in [0.717, 1.165) is 24.6 Å². The average Bonchev–Trinajstić information content (AvgIpc) is 2.86. The van der Waals surface area contributed by atoms with Crippen LogP contribution in [0.15, 0.2) is 22.6 Å². The number of benzene rings is 1. The zero-order valence-electron chi connectivity index (χ0n) is 15.5. The Labute approximate surface area is 156 Å². The fraction of sp³-hybridized carbons (Fsp3) is 0.421. The van der Waals surface area contributed by atoms with Crippen LogP contribution >= 0.6 is 0 Å². The van der Waals surface area contributed by atoms with Gasteiger partial charge in [0.25, 0.3) is 5.91 Å². The van der Waals surface area contributed by atoms with Crippen LogP contribution in [0.4, 0.5) is 0 Å². The van der Waals surface area contributed by atoms with Gasteiger partial charge in [0, 0.05) is 23.9 Å². The van der Waals surface area contributed by atoms with Gasteiger partial charge < -0.3 is 14.1 Å². The van der Waals surface area contributed by atoms with Gasteiger partial charge in [-0.05, 0) is 38.0 Å². The molecule has 144 valence electrons. The number of carbonyl (C=O) groups excluding carboxylic acids is 3. The highest BCUT2D eigenvalue weighted by atomic mass is 16.5. The Kier molecular flexibility index (Phi) is 5.63. The van der Waals surface area contributed by atoms with Gasteiger partial charge in [0.2, 0.25) is 5.91 Å². The van der Waals surface area contributed by atoms with Gasteiger partial charge in [-0.2, -0.15) is 0 Å². The van der Waals surface area contributed by atoms with Crippen molar-refractivity contribution in [2.75, 3.05) is 20.2 Å². The Bertz CT molecular complexity index is 874. The summed E-state index contributed by atoms with van der Waals surface area (Å²) in [7, 11) is 1.56. The van der Waals surface area contributed by atoms with Gasteiger partial charge in [0.1, 0.15) is 17.9 Å².